The first-order valence-corrected chi connectivity index (χ1v) is 7.06. The highest BCUT2D eigenvalue weighted by molar-refractivity contribution is 9.10. The van der Waals surface area contributed by atoms with Gasteiger partial charge in [-0.05, 0) is 55.0 Å². The highest BCUT2D eigenvalue weighted by atomic mass is 79.9. The van der Waals surface area contributed by atoms with Crippen molar-refractivity contribution in [1.29, 1.82) is 0 Å². The third-order valence-electron chi connectivity index (χ3n) is 3.41. The van der Waals surface area contributed by atoms with E-state index < -0.39 is 0 Å². The number of hydrogen-bond donors (Lipinski definition) is 1. The van der Waals surface area contributed by atoms with E-state index in [1.165, 1.54) is 34.9 Å². The lowest BCUT2D eigenvalue weighted by atomic mass is 9.84. The van der Waals surface area contributed by atoms with E-state index in [0.717, 1.165) is 25.6 Å². The zero-order valence-electron chi connectivity index (χ0n) is 10.3. The summed E-state index contributed by atoms with van der Waals surface area (Å²) in [5.41, 5.74) is 3.05. The van der Waals surface area contributed by atoms with Crippen molar-refractivity contribution in [2.24, 2.45) is 5.92 Å². The maximum Gasteiger partial charge on any atom is 0.0587 e. The van der Waals surface area contributed by atoms with E-state index in [1.807, 2.05) is 0 Å². The fourth-order valence-corrected chi connectivity index (χ4v) is 2.86. The molecule has 0 heterocycles. The first-order chi connectivity index (χ1) is 8.29. The SMILES string of the molecule is COCCNCC1CCc2cc(Br)ccc2C1. The van der Waals surface area contributed by atoms with Crippen molar-refractivity contribution in [2.45, 2.75) is 19.3 Å². The molecule has 1 aromatic rings. The number of aryl methyl sites for hydroxylation is 1. The summed E-state index contributed by atoms with van der Waals surface area (Å²) < 4.78 is 6.23. The lowest BCUT2D eigenvalue weighted by Crippen LogP contribution is -2.29. The van der Waals surface area contributed by atoms with Crippen LogP contribution in [-0.2, 0) is 17.6 Å². The van der Waals surface area contributed by atoms with Crippen LogP contribution in [0, 0.1) is 5.92 Å². The van der Waals surface area contributed by atoms with Crippen molar-refractivity contribution in [3.05, 3.63) is 33.8 Å². The maximum atomic E-state index is 5.03. The number of ether oxygens (including phenoxy) is 1. The maximum absolute atomic E-state index is 5.03. The van der Waals surface area contributed by atoms with Crippen LogP contribution < -0.4 is 5.32 Å². The van der Waals surface area contributed by atoms with E-state index in [-0.39, 0.29) is 0 Å². The number of nitrogens with one attached hydrogen (secondary N) is 1. The van der Waals surface area contributed by atoms with Gasteiger partial charge in [-0.1, -0.05) is 22.0 Å². The van der Waals surface area contributed by atoms with E-state index in [0.29, 0.717) is 0 Å². The molecule has 0 radical (unpaired) electrons. The van der Waals surface area contributed by atoms with E-state index in [4.69, 9.17) is 4.74 Å². The standard InChI is InChI=1S/C14H20BrNO/c1-17-7-6-16-10-11-2-3-13-9-14(15)5-4-12(13)8-11/h4-5,9,11,16H,2-3,6-8,10H2,1H3. The van der Waals surface area contributed by atoms with Crippen LogP contribution in [0.25, 0.3) is 0 Å². The second-order valence-electron chi connectivity index (χ2n) is 4.72. The zero-order valence-corrected chi connectivity index (χ0v) is 11.9. The third kappa shape index (κ3) is 3.80. The Balaban J connectivity index is 1.84. The molecule has 1 aliphatic rings. The monoisotopic (exact) mass is 297 g/mol. The Morgan fingerprint density at radius 1 is 1.41 bits per heavy atom. The van der Waals surface area contributed by atoms with Gasteiger partial charge in [0.05, 0.1) is 6.61 Å². The van der Waals surface area contributed by atoms with Gasteiger partial charge in [-0.25, -0.2) is 0 Å². The molecule has 0 bridgehead atoms. The molecule has 94 valence electrons. The van der Waals surface area contributed by atoms with Crippen molar-refractivity contribution in [1.82, 2.24) is 5.32 Å². The van der Waals surface area contributed by atoms with Crippen LogP contribution in [-0.4, -0.2) is 26.8 Å². The highest BCUT2D eigenvalue weighted by Gasteiger charge is 2.18. The van der Waals surface area contributed by atoms with Gasteiger partial charge in [0.15, 0.2) is 0 Å². The fourth-order valence-electron chi connectivity index (χ4n) is 2.45. The van der Waals surface area contributed by atoms with Crippen molar-refractivity contribution in [2.75, 3.05) is 26.8 Å². The van der Waals surface area contributed by atoms with Crippen LogP contribution >= 0.6 is 15.9 Å². The summed E-state index contributed by atoms with van der Waals surface area (Å²) >= 11 is 3.54. The summed E-state index contributed by atoms with van der Waals surface area (Å²) in [7, 11) is 1.75. The van der Waals surface area contributed by atoms with Crippen molar-refractivity contribution in [3.8, 4) is 0 Å². The minimum Gasteiger partial charge on any atom is -0.383 e. The molecule has 0 aliphatic heterocycles. The summed E-state index contributed by atoms with van der Waals surface area (Å²) in [5.74, 6) is 0.778. The second-order valence-corrected chi connectivity index (χ2v) is 5.63. The Labute approximate surface area is 112 Å². The van der Waals surface area contributed by atoms with Gasteiger partial charge in [0.2, 0.25) is 0 Å². The number of halogens is 1. The third-order valence-corrected chi connectivity index (χ3v) is 3.91. The highest BCUT2D eigenvalue weighted by Crippen LogP contribution is 2.27. The first-order valence-electron chi connectivity index (χ1n) is 6.26. The Morgan fingerprint density at radius 3 is 3.12 bits per heavy atom. The molecule has 2 nitrogen and oxygen atoms in total. The van der Waals surface area contributed by atoms with Gasteiger partial charge in [-0.15, -0.1) is 0 Å². The molecule has 0 spiro atoms. The predicted molar refractivity (Wildman–Crippen MR) is 74.4 cm³/mol. The van der Waals surface area contributed by atoms with Gasteiger partial charge in [0.25, 0.3) is 0 Å². The smallest absolute Gasteiger partial charge is 0.0587 e. The topological polar surface area (TPSA) is 21.3 Å². The molecule has 0 saturated carbocycles. The number of rotatable bonds is 5. The Hall–Kier alpha value is -0.380. The summed E-state index contributed by atoms with van der Waals surface area (Å²) in [6, 6.07) is 6.68. The normalized spacial score (nSPS) is 19.1. The van der Waals surface area contributed by atoms with Crippen LogP contribution in [0.1, 0.15) is 17.5 Å². The van der Waals surface area contributed by atoms with Gasteiger partial charge >= 0.3 is 0 Å². The molecule has 0 aromatic heterocycles. The van der Waals surface area contributed by atoms with Gasteiger partial charge < -0.3 is 10.1 Å². The van der Waals surface area contributed by atoms with Crippen LogP contribution in [0.4, 0.5) is 0 Å². The number of methoxy groups -OCH3 is 1. The second kappa shape index (κ2) is 6.53. The molecular formula is C14H20BrNO. The minimum atomic E-state index is 0.778. The molecule has 17 heavy (non-hydrogen) atoms. The zero-order chi connectivity index (χ0) is 12.1. The Kier molecular flexibility index (Phi) is 5.01. The molecule has 3 heteroatoms. The van der Waals surface area contributed by atoms with Crippen molar-refractivity contribution < 1.29 is 4.74 Å². The minimum absolute atomic E-state index is 0.778. The number of fused-ring (bicyclic) bond motifs is 1. The number of benzene rings is 1. The average Bonchev–Trinajstić information content (AvgIpc) is 2.35. The molecule has 1 atom stereocenters. The molecule has 1 aliphatic carbocycles. The fraction of sp³-hybridized carbons (Fsp3) is 0.571. The molecular weight excluding hydrogens is 278 g/mol. The molecule has 0 fully saturated rings. The predicted octanol–water partition coefficient (Wildman–Crippen LogP) is 2.79. The van der Waals surface area contributed by atoms with Crippen LogP contribution in [0.15, 0.2) is 22.7 Å². The summed E-state index contributed by atoms with van der Waals surface area (Å²) in [6.07, 6.45) is 3.72. The lowest BCUT2D eigenvalue weighted by molar-refractivity contribution is 0.197. The van der Waals surface area contributed by atoms with Gasteiger partial charge in [0.1, 0.15) is 0 Å². The van der Waals surface area contributed by atoms with Crippen LogP contribution in [0.2, 0.25) is 0 Å². The molecule has 0 amide bonds. The van der Waals surface area contributed by atoms with E-state index in [1.54, 1.807) is 7.11 Å². The lowest BCUT2D eigenvalue weighted by Gasteiger charge is -2.25. The molecule has 2 rings (SSSR count). The quantitative estimate of drug-likeness (QED) is 0.844. The largest absolute Gasteiger partial charge is 0.383 e. The van der Waals surface area contributed by atoms with Crippen molar-refractivity contribution >= 4 is 15.9 Å². The first kappa shape index (κ1) is 13.1. The van der Waals surface area contributed by atoms with Gasteiger partial charge in [-0.3, -0.25) is 0 Å². The summed E-state index contributed by atoms with van der Waals surface area (Å²) in [5, 5.41) is 3.46. The Bertz CT molecular complexity index is 367. The van der Waals surface area contributed by atoms with Crippen LogP contribution in [0.3, 0.4) is 0 Å². The average molecular weight is 298 g/mol. The van der Waals surface area contributed by atoms with E-state index in [9.17, 15) is 0 Å². The molecule has 0 saturated heterocycles. The van der Waals surface area contributed by atoms with Crippen molar-refractivity contribution in [3.63, 3.8) is 0 Å². The summed E-state index contributed by atoms with van der Waals surface area (Å²) in [6.45, 7) is 2.87. The summed E-state index contributed by atoms with van der Waals surface area (Å²) in [4.78, 5) is 0. The molecule has 1 N–H and O–H groups in total. The van der Waals surface area contributed by atoms with Gasteiger partial charge in [0, 0.05) is 18.1 Å². The van der Waals surface area contributed by atoms with E-state index in [2.05, 4.69) is 39.4 Å². The van der Waals surface area contributed by atoms with Crippen LogP contribution in [0.5, 0.6) is 0 Å². The van der Waals surface area contributed by atoms with Gasteiger partial charge in [-0.2, -0.15) is 0 Å². The van der Waals surface area contributed by atoms with E-state index >= 15 is 0 Å². The Morgan fingerprint density at radius 2 is 2.29 bits per heavy atom. The molecule has 1 aromatic carbocycles. The molecule has 1 unspecified atom stereocenters. The number of hydrogen-bond acceptors (Lipinski definition) is 2.